The van der Waals surface area contributed by atoms with Crippen molar-refractivity contribution >= 4 is 11.7 Å². The molecule has 0 radical (unpaired) electrons. The van der Waals surface area contributed by atoms with Gasteiger partial charge in [-0.1, -0.05) is 12.5 Å². The predicted octanol–water partition coefficient (Wildman–Crippen LogP) is 2.75. The fourth-order valence-electron chi connectivity index (χ4n) is 2.02. The maximum atomic E-state index is 13.2. The molecular formula is C19H22F3N3O3. The summed E-state index contributed by atoms with van der Waals surface area (Å²) in [5.74, 6) is -5.30. The number of pyridine rings is 1. The quantitative estimate of drug-likeness (QED) is 0.500. The lowest BCUT2D eigenvalue weighted by molar-refractivity contribution is -0.121. The Hall–Kier alpha value is -2.94. The normalized spacial score (nSPS) is 10.0. The third-order valence-corrected chi connectivity index (χ3v) is 3.46. The van der Waals surface area contributed by atoms with Crippen LogP contribution in [0.4, 0.5) is 13.2 Å². The summed E-state index contributed by atoms with van der Waals surface area (Å²) < 4.78 is 43.9. The van der Waals surface area contributed by atoms with Crippen LogP contribution in [0.3, 0.4) is 0 Å². The van der Waals surface area contributed by atoms with E-state index in [1.807, 2.05) is 0 Å². The number of hydrogen-bond acceptors (Lipinski definition) is 5. The number of unbranched alkanes of at least 4 members (excludes halogenated alkanes) is 2. The van der Waals surface area contributed by atoms with Gasteiger partial charge in [-0.3, -0.25) is 14.6 Å². The second-order valence-electron chi connectivity index (χ2n) is 5.68. The van der Waals surface area contributed by atoms with E-state index in [0.717, 1.165) is 18.9 Å². The van der Waals surface area contributed by atoms with Gasteiger partial charge in [-0.05, 0) is 43.7 Å². The SMILES string of the molecule is NC(=O)c1ccccn1.NCCCCCC(=O)COc1c(F)ccc(F)c1F. The van der Waals surface area contributed by atoms with Gasteiger partial charge in [0.1, 0.15) is 12.3 Å². The Morgan fingerprint density at radius 1 is 1.00 bits per heavy atom. The first-order valence-corrected chi connectivity index (χ1v) is 8.55. The Balaban J connectivity index is 0.000000362. The first-order valence-electron chi connectivity index (χ1n) is 8.55. The molecule has 0 fully saturated rings. The number of rotatable bonds is 9. The van der Waals surface area contributed by atoms with E-state index in [4.69, 9.17) is 16.2 Å². The van der Waals surface area contributed by atoms with E-state index in [0.29, 0.717) is 24.7 Å². The van der Waals surface area contributed by atoms with Crippen molar-refractivity contribution < 1.29 is 27.5 Å². The molecule has 1 aromatic carbocycles. The first kappa shape index (κ1) is 23.1. The van der Waals surface area contributed by atoms with Gasteiger partial charge in [0.15, 0.2) is 23.2 Å². The molecule has 0 aliphatic rings. The van der Waals surface area contributed by atoms with Crippen molar-refractivity contribution in [2.24, 2.45) is 11.5 Å². The second kappa shape index (κ2) is 12.4. The number of nitrogens with two attached hydrogens (primary N) is 2. The van der Waals surface area contributed by atoms with Crippen LogP contribution in [0.1, 0.15) is 36.2 Å². The average molecular weight is 397 g/mol. The second-order valence-corrected chi connectivity index (χ2v) is 5.68. The van der Waals surface area contributed by atoms with Crippen LogP contribution in [0, 0.1) is 17.5 Å². The molecule has 4 N–H and O–H groups in total. The number of halogens is 3. The minimum absolute atomic E-state index is 0.249. The average Bonchev–Trinajstić information content (AvgIpc) is 2.69. The van der Waals surface area contributed by atoms with Crippen molar-refractivity contribution in [3.05, 3.63) is 59.7 Å². The van der Waals surface area contributed by atoms with Crippen LogP contribution in [0.25, 0.3) is 0 Å². The maximum Gasteiger partial charge on any atom is 0.267 e. The Morgan fingerprint density at radius 3 is 2.29 bits per heavy atom. The molecule has 2 rings (SSSR count). The zero-order valence-electron chi connectivity index (χ0n) is 15.2. The van der Waals surface area contributed by atoms with E-state index >= 15 is 0 Å². The molecule has 152 valence electrons. The summed E-state index contributed by atoms with van der Waals surface area (Å²) in [6.45, 7) is 0.0876. The van der Waals surface area contributed by atoms with E-state index in [1.165, 1.54) is 6.20 Å². The Kier molecular flexibility index (Phi) is 10.3. The minimum atomic E-state index is -1.42. The Labute approximate surface area is 160 Å². The van der Waals surface area contributed by atoms with E-state index in [9.17, 15) is 22.8 Å². The monoisotopic (exact) mass is 397 g/mol. The van der Waals surface area contributed by atoms with Crippen LogP contribution in [-0.2, 0) is 4.79 Å². The molecule has 0 saturated carbocycles. The van der Waals surface area contributed by atoms with Gasteiger partial charge in [0.05, 0.1) is 0 Å². The van der Waals surface area contributed by atoms with Gasteiger partial charge in [0.25, 0.3) is 5.91 Å². The van der Waals surface area contributed by atoms with Crippen molar-refractivity contribution in [3.8, 4) is 5.75 Å². The highest BCUT2D eigenvalue weighted by Crippen LogP contribution is 2.23. The highest BCUT2D eigenvalue weighted by molar-refractivity contribution is 5.90. The number of carbonyl (C=O) groups is 2. The lowest BCUT2D eigenvalue weighted by Crippen LogP contribution is -2.13. The number of nitrogens with zero attached hydrogens (tertiary/aromatic N) is 1. The lowest BCUT2D eigenvalue weighted by atomic mass is 10.1. The van der Waals surface area contributed by atoms with Gasteiger partial charge in [-0.2, -0.15) is 4.39 Å². The van der Waals surface area contributed by atoms with E-state index in [1.54, 1.807) is 18.2 Å². The first-order chi connectivity index (χ1) is 13.4. The number of ketones is 1. The third kappa shape index (κ3) is 8.17. The largest absolute Gasteiger partial charge is 0.480 e. The number of primary amides is 1. The number of amides is 1. The molecule has 0 atom stereocenters. The van der Waals surface area contributed by atoms with Crippen LogP contribution in [0.2, 0.25) is 0 Å². The van der Waals surface area contributed by atoms with Crippen molar-refractivity contribution in [2.45, 2.75) is 25.7 Å². The van der Waals surface area contributed by atoms with Crippen LogP contribution < -0.4 is 16.2 Å². The van der Waals surface area contributed by atoms with Crippen molar-refractivity contribution in [3.63, 3.8) is 0 Å². The van der Waals surface area contributed by atoms with Gasteiger partial charge in [0.2, 0.25) is 5.82 Å². The van der Waals surface area contributed by atoms with Crippen LogP contribution in [0.5, 0.6) is 5.75 Å². The summed E-state index contributed by atoms with van der Waals surface area (Å²) in [4.78, 5) is 25.5. The number of hydrogen-bond donors (Lipinski definition) is 2. The van der Waals surface area contributed by atoms with E-state index in [2.05, 4.69) is 4.98 Å². The van der Waals surface area contributed by atoms with Gasteiger partial charge < -0.3 is 16.2 Å². The van der Waals surface area contributed by atoms with E-state index < -0.39 is 35.7 Å². The molecule has 1 aromatic heterocycles. The molecule has 9 heteroatoms. The molecule has 1 amide bonds. The molecule has 0 spiro atoms. The standard InChI is InChI=1S/C13H16F3NO2.C6H6N2O/c14-10-5-6-11(15)13(12(10)16)19-8-9(18)4-2-1-3-7-17;7-6(9)5-3-1-2-4-8-5/h5-6H,1-4,7-8,17H2;1-4H,(H2,7,9). The van der Waals surface area contributed by atoms with Crippen LogP contribution in [0.15, 0.2) is 36.5 Å². The van der Waals surface area contributed by atoms with Gasteiger partial charge in [-0.15, -0.1) is 0 Å². The fourth-order valence-corrected chi connectivity index (χ4v) is 2.02. The maximum absolute atomic E-state index is 13.2. The van der Waals surface area contributed by atoms with Crippen LogP contribution >= 0.6 is 0 Å². The molecule has 0 aliphatic carbocycles. The van der Waals surface area contributed by atoms with Gasteiger partial charge >= 0.3 is 0 Å². The summed E-state index contributed by atoms with van der Waals surface area (Å²) in [5.41, 5.74) is 10.5. The zero-order chi connectivity index (χ0) is 20.9. The minimum Gasteiger partial charge on any atom is -0.480 e. The van der Waals surface area contributed by atoms with E-state index in [-0.39, 0.29) is 12.2 Å². The van der Waals surface area contributed by atoms with Gasteiger partial charge in [0, 0.05) is 12.6 Å². The van der Waals surface area contributed by atoms with Crippen molar-refractivity contribution in [1.29, 1.82) is 0 Å². The number of benzene rings is 1. The molecule has 28 heavy (non-hydrogen) atoms. The molecule has 1 heterocycles. The number of Topliss-reactive ketones (excluding diaryl/α,β-unsaturated/α-hetero) is 1. The molecule has 0 unspecified atom stereocenters. The number of aromatic nitrogens is 1. The predicted molar refractivity (Wildman–Crippen MR) is 97.1 cm³/mol. The highest BCUT2D eigenvalue weighted by Gasteiger charge is 2.16. The molecule has 2 aromatic rings. The van der Waals surface area contributed by atoms with Crippen molar-refractivity contribution in [1.82, 2.24) is 4.98 Å². The zero-order valence-corrected chi connectivity index (χ0v) is 15.2. The fraction of sp³-hybridized carbons (Fsp3) is 0.316. The molecule has 0 aliphatic heterocycles. The lowest BCUT2D eigenvalue weighted by Gasteiger charge is -2.08. The molecule has 0 saturated heterocycles. The summed E-state index contributed by atoms with van der Waals surface area (Å²) in [7, 11) is 0. The highest BCUT2D eigenvalue weighted by atomic mass is 19.2. The number of ether oxygens (including phenoxy) is 1. The van der Waals surface area contributed by atoms with Crippen LogP contribution in [-0.4, -0.2) is 29.8 Å². The third-order valence-electron chi connectivity index (χ3n) is 3.46. The summed E-state index contributed by atoms with van der Waals surface area (Å²) >= 11 is 0. The van der Waals surface area contributed by atoms with Gasteiger partial charge in [-0.25, -0.2) is 8.78 Å². The molecule has 6 nitrogen and oxygen atoms in total. The Bertz CT molecular complexity index is 774. The Morgan fingerprint density at radius 2 is 1.71 bits per heavy atom. The molecule has 0 bridgehead atoms. The smallest absolute Gasteiger partial charge is 0.267 e. The summed E-state index contributed by atoms with van der Waals surface area (Å²) in [6.07, 6.45) is 4.05. The van der Waals surface area contributed by atoms with Crippen molar-refractivity contribution in [2.75, 3.05) is 13.2 Å². The number of carbonyl (C=O) groups excluding carboxylic acids is 2. The summed E-state index contributed by atoms with van der Waals surface area (Å²) in [5, 5.41) is 0. The molecular weight excluding hydrogens is 375 g/mol. The summed E-state index contributed by atoms with van der Waals surface area (Å²) in [6, 6.07) is 6.42. The topological polar surface area (TPSA) is 108 Å².